The largest absolute Gasteiger partial charge is 0.339 e. The van der Waals surface area contributed by atoms with E-state index in [1.807, 2.05) is 30.9 Å². The lowest BCUT2D eigenvalue weighted by Crippen LogP contribution is -2.54. The van der Waals surface area contributed by atoms with Gasteiger partial charge in [0.25, 0.3) is 10.2 Å². The summed E-state index contributed by atoms with van der Waals surface area (Å²) in [5.41, 5.74) is 3.24. The summed E-state index contributed by atoms with van der Waals surface area (Å²) in [5, 5.41) is 0. The summed E-state index contributed by atoms with van der Waals surface area (Å²) < 4.78 is 29.2. The molecule has 0 N–H and O–H groups in total. The molecule has 1 amide bonds. The zero-order chi connectivity index (χ0) is 20.3. The van der Waals surface area contributed by atoms with Crippen LogP contribution >= 0.6 is 0 Å². The van der Waals surface area contributed by atoms with Gasteiger partial charge in [-0.15, -0.1) is 0 Å². The van der Waals surface area contributed by atoms with E-state index in [2.05, 4.69) is 13.0 Å². The van der Waals surface area contributed by atoms with Gasteiger partial charge in [-0.3, -0.25) is 4.79 Å². The highest BCUT2D eigenvalue weighted by Crippen LogP contribution is 2.24. The van der Waals surface area contributed by atoms with Crippen molar-refractivity contribution in [3.8, 4) is 0 Å². The molecule has 0 aromatic heterocycles. The topological polar surface area (TPSA) is 60.9 Å². The molecule has 6 nitrogen and oxygen atoms in total. The third-order valence-corrected chi connectivity index (χ3v) is 7.98. The Hall–Kier alpha value is -1.44. The van der Waals surface area contributed by atoms with Gasteiger partial charge in [0.1, 0.15) is 0 Å². The van der Waals surface area contributed by atoms with Crippen molar-refractivity contribution in [2.75, 3.05) is 26.2 Å². The van der Waals surface area contributed by atoms with Gasteiger partial charge in [0.05, 0.1) is 6.54 Å². The molecule has 0 spiro atoms. The van der Waals surface area contributed by atoms with E-state index >= 15 is 0 Å². The van der Waals surface area contributed by atoms with E-state index in [4.69, 9.17) is 0 Å². The van der Waals surface area contributed by atoms with Gasteiger partial charge in [-0.05, 0) is 57.1 Å². The van der Waals surface area contributed by atoms with Crippen molar-refractivity contribution in [3.63, 3.8) is 0 Å². The molecule has 2 aliphatic rings. The molecule has 1 atom stereocenters. The minimum Gasteiger partial charge on any atom is -0.339 e. The average Bonchev–Trinajstić information content (AvgIpc) is 2.67. The van der Waals surface area contributed by atoms with Crippen LogP contribution in [-0.4, -0.2) is 60.1 Å². The molecule has 0 radical (unpaired) electrons. The Morgan fingerprint density at radius 1 is 1.07 bits per heavy atom. The van der Waals surface area contributed by atoms with Crippen LogP contribution in [0.25, 0.3) is 0 Å². The molecule has 0 unspecified atom stereocenters. The van der Waals surface area contributed by atoms with Crippen LogP contribution in [0.15, 0.2) is 18.2 Å². The summed E-state index contributed by atoms with van der Waals surface area (Å²) in [6, 6.07) is 6.37. The highest BCUT2D eigenvalue weighted by molar-refractivity contribution is 7.86. The van der Waals surface area contributed by atoms with E-state index in [9.17, 15) is 13.2 Å². The fourth-order valence-electron chi connectivity index (χ4n) is 4.29. The molecule has 28 heavy (non-hydrogen) atoms. The summed E-state index contributed by atoms with van der Waals surface area (Å²) in [5.74, 6) is -0.0521. The molecule has 2 fully saturated rings. The van der Waals surface area contributed by atoms with Crippen LogP contribution in [0.1, 0.15) is 55.7 Å². The van der Waals surface area contributed by atoms with Gasteiger partial charge in [0.15, 0.2) is 0 Å². The Morgan fingerprint density at radius 3 is 2.57 bits per heavy atom. The summed E-state index contributed by atoms with van der Waals surface area (Å²) in [7, 11) is -3.63. The minimum absolute atomic E-state index is 0.0396. The van der Waals surface area contributed by atoms with Crippen LogP contribution < -0.4 is 0 Å². The number of amides is 1. The van der Waals surface area contributed by atoms with E-state index in [0.29, 0.717) is 19.6 Å². The molecule has 0 saturated carbocycles. The first-order chi connectivity index (χ1) is 13.3. The van der Waals surface area contributed by atoms with Crippen molar-refractivity contribution in [3.05, 3.63) is 34.9 Å². The second-order valence-electron chi connectivity index (χ2n) is 8.10. The van der Waals surface area contributed by atoms with Crippen molar-refractivity contribution in [2.24, 2.45) is 0 Å². The van der Waals surface area contributed by atoms with Crippen molar-refractivity contribution >= 4 is 16.1 Å². The Bertz CT molecular complexity index is 809. The third-order valence-electron chi connectivity index (χ3n) is 6.05. The van der Waals surface area contributed by atoms with E-state index in [0.717, 1.165) is 55.3 Å². The maximum Gasteiger partial charge on any atom is 0.282 e. The SMILES string of the molecule is CC[C@@H]1CCCCN1C(=O)CN1CCCN(Cc2cc(C)ccc2C)S1(=O)=O. The molecule has 156 valence electrons. The zero-order valence-corrected chi connectivity index (χ0v) is 18.2. The molecular formula is C21H33N3O3S. The number of rotatable bonds is 5. The number of aryl methyl sites for hydroxylation is 2. The lowest BCUT2D eigenvalue weighted by molar-refractivity contribution is -0.135. The van der Waals surface area contributed by atoms with E-state index < -0.39 is 10.2 Å². The van der Waals surface area contributed by atoms with Gasteiger partial charge in [0.2, 0.25) is 5.91 Å². The molecular weight excluding hydrogens is 374 g/mol. The van der Waals surface area contributed by atoms with Crippen LogP contribution in [0.4, 0.5) is 0 Å². The minimum atomic E-state index is -3.63. The van der Waals surface area contributed by atoms with Gasteiger partial charge >= 0.3 is 0 Å². The smallest absolute Gasteiger partial charge is 0.282 e. The number of hydrogen-bond acceptors (Lipinski definition) is 3. The standard InChI is InChI=1S/C21H33N3O3S/c1-4-20-8-5-6-13-24(20)21(25)16-23-12-7-11-22(28(23,26)27)15-19-14-17(2)9-10-18(19)3/h9-10,14,20H,4-8,11-13,15-16H2,1-3H3/t20-/m1/s1. The summed E-state index contributed by atoms with van der Waals surface area (Å²) in [6.07, 6.45) is 4.85. The first kappa shape index (κ1) is 21.3. The summed E-state index contributed by atoms with van der Waals surface area (Å²) in [6.45, 7) is 8.11. The number of carbonyl (C=O) groups is 1. The molecule has 3 rings (SSSR count). The summed E-state index contributed by atoms with van der Waals surface area (Å²) in [4.78, 5) is 14.8. The highest BCUT2D eigenvalue weighted by Gasteiger charge is 2.36. The van der Waals surface area contributed by atoms with Crippen LogP contribution in [0, 0.1) is 13.8 Å². The van der Waals surface area contributed by atoms with Gasteiger partial charge in [-0.2, -0.15) is 17.0 Å². The number of carbonyl (C=O) groups excluding carboxylic acids is 1. The van der Waals surface area contributed by atoms with Crippen LogP contribution in [-0.2, 0) is 21.5 Å². The van der Waals surface area contributed by atoms with Crippen LogP contribution in [0.3, 0.4) is 0 Å². The van der Waals surface area contributed by atoms with Gasteiger partial charge < -0.3 is 4.90 Å². The Labute approximate surface area is 169 Å². The number of benzene rings is 1. The molecule has 2 saturated heterocycles. The second-order valence-corrected chi connectivity index (χ2v) is 10.0. The van der Waals surface area contributed by atoms with E-state index in [1.54, 1.807) is 0 Å². The monoisotopic (exact) mass is 407 g/mol. The first-order valence-corrected chi connectivity index (χ1v) is 11.8. The lowest BCUT2D eigenvalue weighted by Gasteiger charge is -2.38. The molecule has 1 aromatic rings. The maximum absolute atomic E-state index is 13.2. The number of likely N-dealkylation sites (tertiary alicyclic amines) is 1. The maximum atomic E-state index is 13.2. The van der Waals surface area contributed by atoms with Crippen molar-refractivity contribution in [1.29, 1.82) is 0 Å². The zero-order valence-electron chi connectivity index (χ0n) is 17.4. The molecule has 1 aromatic carbocycles. The second kappa shape index (κ2) is 8.93. The molecule has 2 aliphatic heterocycles. The molecule has 0 bridgehead atoms. The van der Waals surface area contributed by atoms with Crippen molar-refractivity contribution in [2.45, 2.75) is 65.5 Å². The van der Waals surface area contributed by atoms with E-state index in [1.165, 1.54) is 8.61 Å². The van der Waals surface area contributed by atoms with Gasteiger partial charge in [-0.1, -0.05) is 30.7 Å². The van der Waals surface area contributed by atoms with E-state index in [-0.39, 0.29) is 18.5 Å². The fraction of sp³-hybridized carbons (Fsp3) is 0.667. The number of piperidine rings is 1. The Kier molecular flexibility index (Phi) is 6.78. The highest BCUT2D eigenvalue weighted by atomic mass is 32.2. The Morgan fingerprint density at radius 2 is 1.82 bits per heavy atom. The fourth-order valence-corrected chi connectivity index (χ4v) is 5.92. The van der Waals surface area contributed by atoms with Crippen molar-refractivity contribution < 1.29 is 13.2 Å². The quantitative estimate of drug-likeness (QED) is 0.754. The van der Waals surface area contributed by atoms with Crippen LogP contribution in [0.2, 0.25) is 0 Å². The average molecular weight is 408 g/mol. The predicted molar refractivity (Wildman–Crippen MR) is 111 cm³/mol. The first-order valence-electron chi connectivity index (χ1n) is 10.4. The number of hydrogen-bond donors (Lipinski definition) is 0. The predicted octanol–water partition coefficient (Wildman–Crippen LogP) is 2.85. The molecule has 7 heteroatoms. The van der Waals surface area contributed by atoms with Crippen molar-refractivity contribution in [1.82, 2.24) is 13.5 Å². The molecule has 2 heterocycles. The van der Waals surface area contributed by atoms with Crippen LogP contribution in [0.5, 0.6) is 0 Å². The normalized spacial score (nSPS) is 23.7. The third kappa shape index (κ3) is 4.58. The Balaban J connectivity index is 1.72. The number of nitrogens with zero attached hydrogens (tertiary/aromatic N) is 3. The lowest BCUT2D eigenvalue weighted by atomic mass is 10.00. The molecule has 0 aliphatic carbocycles. The van der Waals surface area contributed by atoms with Gasteiger partial charge in [0, 0.05) is 32.2 Å². The summed E-state index contributed by atoms with van der Waals surface area (Å²) >= 11 is 0. The van der Waals surface area contributed by atoms with Gasteiger partial charge in [-0.25, -0.2) is 0 Å².